The average Bonchev–Trinajstić information content (AvgIpc) is 2.83. The largest absolute Gasteiger partial charge is 0.286 e. The van der Waals surface area contributed by atoms with Gasteiger partial charge < -0.3 is 0 Å². The van der Waals surface area contributed by atoms with Gasteiger partial charge in [0.25, 0.3) is 0 Å². The van der Waals surface area contributed by atoms with E-state index in [-0.39, 0.29) is 0 Å². The maximum atomic E-state index is 8.23. The Morgan fingerprint density at radius 1 is 0.611 bits per heavy atom. The van der Waals surface area contributed by atoms with E-state index in [0.717, 1.165) is 11.4 Å². The molecule has 0 radical (unpaired) electrons. The smallest absolute Gasteiger partial charge is 0.211 e. The van der Waals surface area contributed by atoms with Crippen LogP contribution >= 0.6 is 0 Å². The number of nitrogens with zero attached hydrogens (tertiary/aromatic N) is 2. The summed E-state index contributed by atoms with van der Waals surface area (Å²) in [6.45, 7) is 0. The number of hydrogen-bond donors (Lipinski definition) is 1. The van der Waals surface area contributed by atoms with Crippen LogP contribution in [0.4, 0.5) is 0 Å². The minimum atomic E-state index is 0.437. The number of para-hydroxylation sites is 2. The number of aromatic nitrogens is 2. The molecule has 0 aliphatic carbocycles. The van der Waals surface area contributed by atoms with Crippen LogP contribution in [-0.2, 0) is 0 Å². The third-order valence-corrected chi connectivity index (χ3v) is 2.89. The first-order valence-corrected chi connectivity index (χ1v) is 5.82. The molecule has 0 spiro atoms. The lowest BCUT2D eigenvalue weighted by molar-refractivity contribution is 0.837. The minimum Gasteiger partial charge on any atom is -0.286 e. The second kappa shape index (κ2) is 4.37. The van der Waals surface area contributed by atoms with Gasteiger partial charge in [0.1, 0.15) is 0 Å². The second-order valence-corrected chi connectivity index (χ2v) is 4.03. The van der Waals surface area contributed by atoms with Crippen molar-refractivity contribution in [3.63, 3.8) is 0 Å². The zero-order valence-electron chi connectivity index (χ0n) is 9.82. The lowest BCUT2D eigenvalue weighted by Crippen LogP contribution is -2.21. The van der Waals surface area contributed by atoms with Crippen molar-refractivity contribution in [2.45, 2.75) is 0 Å². The normalized spacial score (nSPS) is 10.4. The van der Waals surface area contributed by atoms with Crippen LogP contribution < -0.4 is 5.62 Å². The zero-order chi connectivity index (χ0) is 12.4. The summed E-state index contributed by atoms with van der Waals surface area (Å²) in [5, 5.41) is 8.23. The highest BCUT2D eigenvalue weighted by atomic mass is 15.2. The number of hydrogen-bond acceptors (Lipinski definition) is 1. The van der Waals surface area contributed by atoms with E-state index in [1.54, 1.807) is 0 Å². The Balaban J connectivity index is 2.12. The molecule has 88 valence electrons. The van der Waals surface area contributed by atoms with E-state index in [1.165, 1.54) is 0 Å². The van der Waals surface area contributed by atoms with Gasteiger partial charge in [-0.15, -0.1) is 0 Å². The van der Waals surface area contributed by atoms with Gasteiger partial charge in [-0.05, 0) is 24.3 Å². The molecule has 0 saturated carbocycles. The molecule has 1 aromatic heterocycles. The zero-order valence-corrected chi connectivity index (χ0v) is 9.82. The predicted octanol–water partition coefficient (Wildman–Crippen LogP) is 2.75. The molecule has 0 aliphatic rings. The molecule has 0 fully saturated rings. The molecule has 3 aromatic rings. The summed E-state index contributed by atoms with van der Waals surface area (Å²) in [5.74, 6) is 0. The molecule has 18 heavy (non-hydrogen) atoms. The molecule has 2 aromatic carbocycles. The first-order valence-electron chi connectivity index (χ1n) is 5.82. The molecular formula is C15H13N3. The highest BCUT2D eigenvalue weighted by Gasteiger charge is 2.02. The van der Waals surface area contributed by atoms with E-state index in [9.17, 15) is 0 Å². The summed E-state index contributed by atoms with van der Waals surface area (Å²) in [6, 6.07) is 19.8. The molecule has 0 bridgehead atoms. The van der Waals surface area contributed by atoms with Crippen molar-refractivity contribution in [2.75, 3.05) is 0 Å². The molecule has 3 nitrogen and oxygen atoms in total. The third kappa shape index (κ3) is 1.76. The maximum absolute atomic E-state index is 8.23. The van der Waals surface area contributed by atoms with Crippen molar-refractivity contribution in [2.24, 2.45) is 0 Å². The third-order valence-electron chi connectivity index (χ3n) is 2.89. The fraction of sp³-hybridized carbons (Fsp3) is 0. The van der Waals surface area contributed by atoms with Crippen LogP contribution in [0.1, 0.15) is 0 Å². The fourth-order valence-electron chi connectivity index (χ4n) is 1.98. The van der Waals surface area contributed by atoms with Gasteiger partial charge in [0.05, 0.1) is 0 Å². The molecule has 0 atom stereocenters. The Bertz CT molecular complexity index is 633. The van der Waals surface area contributed by atoms with Gasteiger partial charge in [0.15, 0.2) is 0 Å². The van der Waals surface area contributed by atoms with Crippen molar-refractivity contribution in [1.82, 2.24) is 9.13 Å². The van der Waals surface area contributed by atoms with Gasteiger partial charge in [-0.2, -0.15) is 0 Å². The SMILES string of the molecule is N=c1n(-c2ccccc2)ccn1-c1ccccc1. The first-order chi connectivity index (χ1) is 8.86. The average molecular weight is 235 g/mol. The summed E-state index contributed by atoms with van der Waals surface area (Å²) in [7, 11) is 0. The van der Waals surface area contributed by atoms with Crippen LogP contribution in [0.15, 0.2) is 73.1 Å². The van der Waals surface area contributed by atoms with Crippen LogP contribution in [0.5, 0.6) is 0 Å². The molecule has 0 amide bonds. The van der Waals surface area contributed by atoms with E-state index in [4.69, 9.17) is 5.41 Å². The first kappa shape index (κ1) is 10.6. The van der Waals surface area contributed by atoms with Crippen LogP contribution in [-0.4, -0.2) is 9.13 Å². The van der Waals surface area contributed by atoms with Crippen LogP contribution in [0.25, 0.3) is 11.4 Å². The van der Waals surface area contributed by atoms with Crippen molar-refractivity contribution in [3.05, 3.63) is 78.7 Å². The van der Waals surface area contributed by atoms with Crippen molar-refractivity contribution >= 4 is 0 Å². The quantitative estimate of drug-likeness (QED) is 0.708. The highest BCUT2D eigenvalue weighted by Crippen LogP contribution is 2.07. The van der Waals surface area contributed by atoms with Crippen LogP contribution in [0.2, 0.25) is 0 Å². The standard InChI is InChI=1S/C15H13N3/c16-15-17(13-7-3-1-4-8-13)11-12-18(15)14-9-5-2-6-10-14/h1-12,16H. The van der Waals surface area contributed by atoms with Crippen LogP contribution in [0.3, 0.4) is 0 Å². The number of imidazole rings is 1. The summed E-state index contributed by atoms with van der Waals surface area (Å²) in [5.41, 5.74) is 2.43. The number of benzene rings is 2. The summed E-state index contributed by atoms with van der Waals surface area (Å²) in [6.07, 6.45) is 3.81. The van der Waals surface area contributed by atoms with Crippen LogP contribution in [0, 0.1) is 5.41 Å². The summed E-state index contributed by atoms with van der Waals surface area (Å²) < 4.78 is 3.71. The molecule has 3 heteroatoms. The lowest BCUT2D eigenvalue weighted by Gasteiger charge is -2.04. The highest BCUT2D eigenvalue weighted by molar-refractivity contribution is 5.34. The van der Waals surface area contributed by atoms with E-state index >= 15 is 0 Å². The van der Waals surface area contributed by atoms with Gasteiger partial charge in [-0.3, -0.25) is 14.5 Å². The monoisotopic (exact) mass is 235 g/mol. The Morgan fingerprint density at radius 2 is 1.00 bits per heavy atom. The maximum Gasteiger partial charge on any atom is 0.211 e. The number of rotatable bonds is 2. The summed E-state index contributed by atoms with van der Waals surface area (Å²) in [4.78, 5) is 0. The molecule has 0 saturated heterocycles. The molecule has 1 N–H and O–H groups in total. The van der Waals surface area contributed by atoms with Gasteiger partial charge in [0.2, 0.25) is 5.62 Å². The lowest BCUT2D eigenvalue weighted by atomic mass is 10.3. The molecule has 0 aliphatic heterocycles. The molecule has 0 unspecified atom stereocenters. The van der Waals surface area contributed by atoms with Crippen molar-refractivity contribution < 1.29 is 0 Å². The van der Waals surface area contributed by atoms with E-state index in [1.807, 2.05) is 82.2 Å². The molecule has 3 rings (SSSR count). The fourth-order valence-corrected chi connectivity index (χ4v) is 1.98. The Labute approximate surface area is 105 Å². The van der Waals surface area contributed by atoms with Gasteiger partial charge in [-0.25, -0.2) is 0 Å². The second-order valence-electron chi connectivity index (χ2n) is 4.03. The Kier molecular flexibility index (Phi) is 2.57. The Morgan fingerprint density at radius 3 is 1.39 bits per heavy atom. The summed E-state index contributed by atoms with van der Waals surface area (Å²) >= 11 is 0. The van der Waals surface area contributed by atoms with E-state index in [2.05, 4.69) is 0 Å². The van der Waals surface area contributed by atoms with Gasteiger partial charge in [-0.1, -0.05) is 36.4 Å². The van der Waals surface area contributed by atoms with Gasteiger partial charge >= 0.3 is 0 Å². The number of nitrogens with one attached hydrogen (secondary N) is 1. The minimum absolute atomic E-state index is 0.437. The van der Waals surface area contributed by atoms with E-state index in [0.29, 0.717) is 5.62 Å². The molecule has 1 heterocycles. The van der Waals surface area contributed by atoms with Crippen molar-refractivity contribution in [1.29, 1.82) is 5.41 Å². The van der Waals surface area contributed by atoms with Gasteiger partial charge in [0, 0.05) is 23.8 Å². The molecular weight excluding hydrogens is 222 g/mol. The van der Waals surface area contributed by atoms with Crippen molar-refractivity contribution in [3.8, 4) is 11.4 Å². The van der Waals surface area contributed by atoms with E-state index < -0.39 is 0 Å². The topological polar surface area (TPSA) is 33.7 Å². The Hall–Kier alpha value is -2.55. The predicted molar refractivity (Wildman–Crippen MR) is 71.0 cm³/mol.